The average molecular weight is 485 g/mol. The molecular formula is C23H21ClN4O6. The Morgan fingerprint density at radius 3 is 2.53 bits per heavy atom. The fraction of sp³-hybridized carbons (Fsp3) is 0.217. The maximum absolute atomic E-state index is 13.2. The van der Waals surface area contributed by atoms with Gasteiger partial charge in [-0.3, -0.25) is 4.79 Å². The number of halogens is 1. The van der Waals surface area contributed by atoms with Crippen molar-refractivity contribution in [1.82, 2.24) is 19.5 Å². The Labute approximate surface area is 199 Å². The highest BCUT2D eigenvalue weighted by molar-refractivity contribution is 6.31. The first-order valence-electron chi connectivity index (χ1n) is 10.1. The predicted octanol–water partition coefficient (Wildman–Crippen LogP) is 2.73. The van der Waals surface area contributed by atoms with Crippen molar-refractivity contribution in [3.8, 4) is 17.7 Å². The van der Waals surface area contributed by atoms with Gasteiger partial charge in [0.15, 0.2) is 0 Å². The number of methoxy groups -OCH3 is 2. The number of benzene rings is 2. The normalized spacial score (nSPS) is 10.8. The number of esters is 1. The van der Waals surface area contributed by atoms with Crippen molar-refractivity contribution in [2.75, 3.05) is 20.8 Å². The number of rotatable bonds is 8. The number of carbonyl (C=O) groups is 1. The fourth-order valence-electron chi connectivity index (χ4n) is 3.12. The van der Waals surface area contributed by atoms with Crippen LogP contribution in [0, 0.1) is 6.92 Å². The number of hydrogen-bond donors (Lipinski definition) is 0. The molecule has 0 saturated heterocycles. The molecule has 4 aromatic rings. The largest absolute Gasteiger partial charge is 0.481 e. The molecule has 0 N–H and O–H groups in total. The number of hydrogen-bond acceptors (Lipinski definition) is 8. The molecule has 2 heterocycles. The van der Waals surface area contributed by atoms with Gasteiger partial charge in [0.1, 0.15) is 6.61 Å². The van der Waals surface area contributed by atoms with Gasteiger partial charge in [0.25, 0.3) is 11.5 Å². The van der Waals surface area contributed by atoms with E-state index in [0.717, 1.165) is 15.9 Å². The summed E-state index contributed by atoms with van der Waals surface area (Å²) in [5.74, 6) is -0.261. The lowest BCUT2D eigenvalue weighted by molar-refractivity contribution is -0.150. The quantitative estimate of drug-likeness (QED) is 0.351. The molecule has 176 valence electrons. The highest BCUT2D eigenvalue weighted by atomic mass is 35.5. The van der Waals surface area contributed by atoms with Gasteiger partial charge in [0.2, 0.25) is 18.4 Å². The first-order valence-corrected chi connectivity index (χ1v) is 10.5. The van der Waals surface area contributed by atoms with E-state index in [2.05, 4.69) is 10.1 Å². The minimum atomic E-state index is -0.672. The van der Waals surface area contributed by atoms with Crippen LogP contribution in [0.3, 0.4) is 0 Å². The van der Waals surface area contributed by atoms with Gasteiger partial charge >= 0.3 is 5.97 Å². The smallest absolute Gasteiger partial charge is 0.347 e. The molecule has 0 fully saturated rings. The molecule has 34 heavy (non-hydrogen) atoms. The van der Waals surface area contributed by atoms with E-state index in [1.54, 1.807) is 12.1 Å². The van der Waals surface area contributed by atoms with Gasteiger partial charge in [0, 0.05) is 5.02 Å². The number of aromatic nitrogens is 4. The van der Waals surface area contributed by atoms with Crippen LogP contribution in [0.2, 0.25) is 5.02 Å². The minimum Gasteiger partial charge on any atom is -0.481 e. The summed E-state index contributed by atoms with van der Waals surface area (Å²) in [5, 5.41) is 4.78. The van der Waals surface area contributed by atoms with Crippen molar-refractivity contribution in [2.24, 2.45) is 0 Å². The molecule has 0 unspecified atom stereocenters. The molecule has 2 aromatic carbocycles. The summed E-state index contributed by atoms with van der Waals surface area (Å²) in [4.78, 5) is 35.6. The third kappa shape index (κ3) is 4.81. The summed E-state index contributed by atoms with van der Waals surface area (Å²) in [6.07, 6.45) is 0. The fourth-order valence-corrected chi connectivity index (χ4v) is 3.29. The lowest BCUT2D eigenvalue weighted by Crippen LogP contribution is -2.35. The second-order valence-corrected chi connectivity index (χ2v) is 7.67. The zero-order valence-corrected chi connectivity index (χ0v) is 19.4. The number of ether oxygens (including phenoxy) is 3. The van der Waals surface area contributed by atoms with Crippen molar-refractivity contribution in [1.29, 1.82) is 0 Å². The molecule has 0 aliphatic carbocycles. The zero-order valence-electron chi connectivity index (χ0n) is 18.6. The summed E-state index contributed by atoms with van der Waals surface area (Å²) >= 11 is 6.06. The van der Waals surface area contributed by atoms with E-state index in [0.29, 0.717) is 10.5 Å². The number of fused-ring (bicyclic) bond motifs is 1. The topological polar surface area (TPSA) is 107 Å². The molecule has 0 aliphatic heterocycles. The maximum atomic E-state index is 13.2. The van der Waals surface area contributed by atoms with E-state index < -0.39 is 18.1 Å². The molecule has 2 aromatic heterocycles. The summed E-state index contributed by atoms with van der Waals surface area (Å²) < 4.78 is 17.8. The Kier molecular flexibility index (Phi) is 6.69. The highest BCUT2D eigenvalue weighted by Gasteiger charge is 2.21. The molecule has 10 nitrogen and oxygen atoms in total. The first-order chi connectivity index (χ1) is 16.4. The van der Waals surface area contributed by atoms with Crippen LogP contribution in [0.4, 0.5) is 0 Å². The van der Waals surface area contributed by atoms with Gasteiger partial charge in [0.05, 0.1) is 31.2 Å². The maximum Gasteiger partial charge on any atom is 0.347 e. The lowest BCUT2D eigenvalue weighted by atomic mass is 10.2. The Balaban J connectivity index is 1.66. The van der Waals surface area contributed by atoms with Crippen LogP contribution >= 0.6 is 11.6 Å². The zero-order chi connectivity index (χ0) is 24.2. The van der Waals surface area contributed by atoms with Crippen molar-refractivity contribution < 1.29 is 23.8 Å². The van der Waals surface area contributed by atoms with Crippen molar-refractivity contribution >= 4 is 28.5 Å². The second-order valence-electron chi connectivity index (χ2n) is 7.23. The van der Waals surface area contributed by atoms with Gasteiger partial charge in [-0.15, -0.1) is 9.83 Å². The molecule has 0 atom stereocenters. The van der Waals surface area contributed by atoms with E-state index in [1.165, 1.54) is 31.0 Å². The van der Waals surface area contributed by atoms with E-state index in [-0.39, 0.29) is 29.7 Å². The van der Waals surface area contributed by atoms with Gasteiger partial charge < -0.3 is 19.0 Å². The van der Waals surface area contributed by atoms with Crippen LogP contribution in [0.1, 0.15) is 11.1 Å². The molecule has 0 amide bonds. The molecule has 0 bridgehead atoms. The SMILES string of the molecule is COc1cc(OC)n(-c2nc3ccc(Cl)cc3c(=O)n2OCC(=O)OCc2ccc(C)cc2)n1. The highest BCUT2D eigenvalue weighted by Crippen LogP contribution is 2.23. The second kappa shape index (κ2) is 9.84. The van der Waals surface area contributed by atoms with E-state index in [1.807, 2.05) is 31.2 Å². The molecule has 0 radical (unpaired) electrons. The molecular weight excluding hydrogens is 464 g/mol. The number of nitrogens with zero attached hydrogens (tertiary/aromatic N) is 4. The van der Waals surface area contributed by atoms with Crippen LogP contribution < -0.4 is 19.9 Å². The van der Waals surface area contributed by atoms with Crippen LogP contribution in [-0.4, -0.2) is 46.3 Å². The minimum absolute atomic E-state index is 0.0497. The third-order valence-electron chi connectivity index (χ3n) is 4.87. The molecule has 0 aliphatic rings. The number of aryl methyl sites for hydroxylation is 1. The van der Waals surface area contributed by atoms with Crippen molar-refractivity contribution in [3.63, 3.8) is 0 Å². The van der Waals surface area contributed by atoms with Crippen molar-refractivity contribution in [3.05, 3.63) is 75.0 Å². The van der Waals surface area contributed by atoms with E-state index >= 15 is 0 Å². The molecule has 4 rings (SSSR count). The third-order valence-corrected chi connectivity index (χ3v) is 5.10. The van der Waals surface area contributed by atoms with Gasteiger partial charge in [-0.2, -0.15) is 4.68 Å². The standard InChI is InChI=1S/C23H21ClN4O6/c1-14-4-6-15(7-5-14)12-33-21(29)13-34-28-22(30)17-10-16(24)8-9-18(17)25-23(28)27-20(32-3)11-19(26-27)31-2/h4-11H,12-13H2,1-3H3. The lowest BCUT2D eigenvalue weighted by Gasteiger charge is -2.14. The molecule has 0 saturated carbocycles. The summed E-state index contributed by atoms with van der Waals surface area (Å²) in [6, 6.07) is 13.7. The Morgan fingerprint density at radius 1 is 1.06 bits per heavy atom. The molecule has 11 heteroatoms. The van der Waals surface area contributed by atoms with Gasteiger partial charge in [-0.05, 0) is 30.7 Å². The Morgan fingerprint density at radius 2 is 1.82 bits per heavy atom. The van der Waals surface area contributed by atoms with Crippen LogP contribution in [0.5, 0.6) is 11.8 Å². The summed E-state index contributed by atoms with van der Waals surface area (Å²) in [7, 11) is 2.87. The predicted molar refractivity (Wildman–Crippen MR) is 124 cm³/mol. The average Bonchev–Trinajstić information content (AvgIpc) is 3.27. The monoisotopic (exact) mass is 484 g/mol. The summed E-state index contributed by atoms with van der Waals surface area (Å²) in [5.41, 5.74) is 1.68. The van der Waals surface area contributed by atoms with Gasteiger partial charge in [-0.25, -0.2) is 9.78 Å². The van der Waals surface area contributed by atoms with Crippen LogP contribution in [-0.2, 0) is 16.1 Å². The van der Waals surface area contributed by atoms with Crippen LogP contribution in [0.25, 0.3) is 16.9 Å². The van der Waals surface area contributed by atoms with Crippen LogP contribution in [0.15, 0.2) is 53.3 Å². The van der Waals surface area contributed by atoms with E-state index in [4.69, 9.17) is 30.6 Å². The Hall–Kier alpha value is -4.05. The first kappa shape index (κ1) is 23.1. The molecule has 0 spiro atoms. The Bertz CT molecular complexity index is 1400. The number of carbonyl (C=O) groups excluding carboxylic acids is 1. The summed E-state index contributed by atoms with van der Waals surface area (Å²) in [6.45, 7) is 1.49. The van der Waals surface area contributed by atoms with Crippen molar-refractivity contribution in [2.45, 2.75) is 13.5 Å². The van der Waals surface area contributed by atoms with E-state index in [9.17, 15) is 9.59 Å². The van der Waals surface area contributed by atoms with Gasteiger partial charge in [-0.1, -0.05) is 41.4 Å².